The molecule has 0 bridgehead atoms. The number of ether oxygens (including phenoxy) is 1. The van der Waals surface area contributed by atoms with Crippen LogP contribution in [0.5, 0.6) is 0 Å². The number of hydrogen-bond acceptors (Lipinski definition) is 3. The minimum atomic E-state index is -0.293. The van der Waals surface area contributed by atoms with Gasteiger partial charge in [-0.15, -0.1) is 0 Å². The second-order valence-corrected chi connectivity index (χ2v) is 6.27. The fourth-order valence-electron chi connectivity index (χ4n) is 2.83. The molecule has 1 saturated carbocycles. The monoisotopic (exact) mass is 330 g/mol. The second-order valence-electron chi connectivity index (χ2n) is 5.48. The smallest absolute Gasteiger partial charge is 0.0738 e. The van der Waals surface area contributed by atoms with Crippen molar-refractivity contribution in [1.82, 2.24) is 9.78 Å². The van der Waals surface area contributed by atoms with Gasteiger partial charge in [0.15, 0.2) is 0 Å². The molecule has 108 valence electrons. The van der Waals surface area contributed by atoms with Crippen molar-refractivity contribution in [3.05, 3.63) is 15.9 Å². The molecule has 1 aromatic rings. The van der Waals surface area contributed by atoms with Crippen molar-refractivity contribution in [2.75, 3.05) is 6.61 Å². The zero-order valence-electron chi connectivity index (χ0n) is 11.9. The lowest BCUT2D eigenvalue weighted by molar-refractivity contribution is -0.0377. The summed E-state index contributed by atoms with van der Waals surface area (Å²) in [4.78, 5) is 0. The molecule has 2 rings (SSSR count). The molecule has 1 heterocycles. The van der Waals surface area contributed by atoms with Gasteiger partial charge in [0.2, 0.25) is 0 Å². The Bertz CT molecular complexity index is 427. The lowest BCUT2D eigenvalue weighted by Crippen LogP contribution is -2.34. The van der Waals surface area contributed by atoms with Crippen LogP contribution in [-0.2, 0) is 18.2 Å². The van der Waals surface area contributed by atoms with Gasteiger partial charge < -0.3 is 9.84 Å². The summed E-state index contributed by atoms with van der Waals surface area (Å²) in [5.41, 5.74) is 2.05. The van der Waals surface area contributed by atoms with Crippen molar-refractivity contribution < 1.29 is 9.84 Å². The summed E-state index contributed by atoms with van der Waals surface area (Å²) >= 11 is 3.54. The van der Waals surface area contributed by atoms with E-state index >= 15 is 0 Å². The molecule has 1 fully saturated rings. The van der Waals surface area contributed by atoms with Crippen molar-refractivity contribution in [3.8, 4) is 0 Å². The standard InChI is InChI=1S/C14H23BrN2O2/c1-4-19-12-6-10(7-12)5-11(18)8-13-14(15)9(2)16-17(13)3/h10-12,18H,4-8H2,1-3H3. The third kappa shape index (κ3) is 3.58. The number of aryl methyl sites for hydroxylation is 2. The molecule has 19 heavy (non-hydrogen) atoms. The molecule has 4 nitrogen and oxygen atoms in total. The average Bonchev–Trinajstić information content (AvgIpc) is 2.53. The molecule has 0 spiro atoms. The second kappa shape index (κ2) is 6.37. The van der Waals surface area contributed by atoms with Crippen LogP contribution in [0, 0.1) is 12.8 Å². The Morgan fingerprint density at radius 2 is 2.21 bits per heavy atom. The van der Waals surface area contributed by atoms with Gasteiger partial charge >= 0.3 is 0 Å². The molecule has 1 aromatic heterocycles. The molecular weight excluding hydrogens is 308 g/mol. The van der Waals surface area contributed by atoms with E-state index in [0.29, 0.717) is 18.4 Å². The maximum absolute atomic E-state index is 10.2. The number of rotatable bonds is 6. The quantitative estimate of drug-likeness (QED) is 0.872. The van der Waals surface area contributed by atoms with Crippen LogP contribution in [0.15, 0.2) is 4.47 Å². The lowest BCUT2D eigenvalue weighted by atomic mass is 9.78. The van der Waals surface area contributed by atoms with Crippen molar-refractivity contribution in [3.63, 3.8) is 0 Å². The minimum absolute atomic E-state index is 0.293. The molecule has 0 radical (unpaired) electrons. The molecule has 0 aliphatic heterocycles. The minimum Gasteiger partial charge on any atom is -0.393 e. The zero-order valence-corrected chi connectivity index (χ0v) is 13.5. The fraction of sp³-hybridized carbons (Fsp3) is 0.786. The van der Waals surface area contributed by atoms with Gasteiger partial charge in [0.05, 0.1) is 28.1 Å². The summed E-state index contributed by atoms with van der Waals surface area (Å²) in [5.74, 6) is 0.611. The van der Waals surface area contributed by atoms with E-state index in [-0.39, 0.29) is 6.10 Å². The number of halogens is 1. The van der Waals surface area contributed by atoms with Crippen LogP contribution in [0.4, 0.5) is 0 Å². The fourth-order valence-corrected chi connectivity index (χ4v) is 3.33. The molecule has 1 atom stereocenters. The topological polar surface area (TPSA) is 47.3 Å². The van der Waals surface area contributed by atoms with Crippen molar-refractivity contribution in [2.45, 2.75) is 51.7 Å². The molecule has 0 amide bonds. The first-order valence-corrected chi connectivity index (χ1v) is 7.78. The van der Waals surface area contributed by atoms with Gasteiger partial charge in [0.25, 0.3) is 0 Å². The van der Waals surface area contributed by atoms with E-state index in [1.165, 1.54) is 0 Å². The Kier molecular flexibility index (Phi) is 5.03. The highest BCUT2D eigenvalue weighted by Gasteiger charge is 2.31. The van der Waals surface area contributed by atoms with Gasteiger partial charge in [-0.1, -0.05) is 0 Å². The van der Waals surface area contributed by atoms with Crippen LogP contribution in [0.25, 0.3) is 0 Å². The summed E-state index contributed by atoms with van der Waals surface area (Å²) < 4.78 is 8.42. The number of hydrogen-bond donors (Lipinski definition) is 1. The van der Waals surface area contributed by atoms with E-state index in [1.54, 1.807) is 0 Å². The van der Waals surface area contributed by atoms with Crippen LogP contribution < -0.4 is 0 Å². The normalized spacial score (nSPS) is 24.3. The first-order chi connectivity index (χ1) is 9.01. The first-order valence-electron chi connectivity index (χ1n) is 6.98. The molecular formula is C14H23BrN2O2. The zero-order chi connectivity index (χ0) is 14.0. The van der Waals surface area contributed by atoms with Gasteiger partial charge in [0.1, 0.15) is 0 Å². The van der Waals surface area contributed by atoms with Crippen LogP contribution in [0.2, 0.25) is 0 Å². The van der Waals surface area contributed by atoms with Crippen molar-refractivity contribution in [2.24, 2.45) is 13.0 Å². The summed E-state index contributed by atoms with van der Waals surface area (Å²) in [6.45, 7) is 4.80. The van der Waals surface area contributed by atoms with E-state index in [9.17, 15) is 5.11 Å². The average molecular weight is 331 g/mol. The molecule has 1 aliphatic carbocycles. The first kappa shape index (κ1) is 15.0. The lowest BCUT2D eigenvalue weighted by Gasteiger charge is -2.36. The van der Waals surface area contributed by atoms with E-state index in [0.717, 1.165) is 41.7 Å². The Balaban J connectivity index is 1.80. The van der Waals surface area contributed by atoms with E-state index in [2.05, 4.69) is 21.0 Å². The van der Waals surface area contributed by atoms with Crippen molar-refractivity contribution >= 4 is 15.9 Å². The predicted octanol–water partition coefficient (Wildman–Crippen LogP) is 2.60. The summed E-state index contributed by atoms with van der Waals surface area (Å²) in [5, 5.41) is 14.6. The molecule has 1 N–H and O–H groups in total. The highest BCUT2D eigenvalue weighted by Crippen LogP contribution is 2.34. The van der Waals surface area contributed by atoms with E-state index < -0.39 is 0 Å². The van der Waals surface area contributed by atoms with Gasteiger partial charge in [-0.2, -0.15) is 5.10 Å². The highest BCUT2D eigenvalue weighted by molar-refractivity contribution is 9.10. The Labute approximate surface area is 123 Å². The Morgan fingerprint density at radius 1 is 1.53 bits per heavy atom. The molecule has 0 saturated heterocycles. The Morgan fingerprint density at radius 3 is 2.74 bits per heavy atom. The SMILES string of the molecule is CCOC1CC(CC(O)Cc2c(Br)c(C)nn2C)C1. The predicted molar refractivity (Wildman–Crippen MR) is 78.1 cm³/mol. The van der Waals surface area contributed by atoms with Crippen molar-refractivity contribution in [1.29, 1.82) is 0 Å². The van der Waals surface area contributed by atoms with Crippen LogP contribution in [-0.4, -0.2) is 33.7 Å². The van der Waals surface area contributed by atoms with Gasteiger partial charge in [-0.3, -0.25) is 4.68 Å². The Hall–Kier alpha value is -0.390. The highest BCUT2D eigenvalue weighted by atomic mass is 79.9. The number of aliphatic hydroxyl groups excluding tert-OH is 1. The maximum Gasteiger partial charge on any atom is 0.0738 e. The third-order valence-corrected chi connectivity index (χ3v) is 4.92. The number of aromatic nitrogens is 2. The van der Waals surface area contributed by atoms with E-state index in [1.807, 2.05) is 25.6 Å². The van der Waals surface area contributed by atoms with Crippen LogP contribution in [0.3, 0.4) is 0 Å². The summed E-state index contributed by atoms with van der Waals surface area (Å²) in [6.07, 6.45) is 3.84. The van der Waals surface area contributed by atoms with Gasteiger partial charge in [-0.05, 0) is 55.0 Å². The molecule has 5 heteroatoms. The number of aliphatic hydroxyl groups is 1. The van der Waals surface area contributed by atoms with Gasteiger partial charge in [-0.25, -0.2) is 0 Å². The van der Waals surface area contributed by atoms with Gasteiger partial charge in [0, 0.05) is 20.1 Å². The molecule has 0 aromatic carbocycles. The largest absolute Gasteiger partial charge is 0.393 e. The van der Waals surface area contributed by atoms with Crippen LogP contribution in [0.1, 0.15) is 37.6 Å². The summed E-state index contributed by atoms with van der Waals surface area (Å²) in [6, 6.07) is 0. The maximum atomic E-state index is 10.2. The van der Waals surface area contributed by atoms with E-state index in [4.69, 9.17) is 4.74 Å². The summed E-state index contributed by atoms with van der Waals surface area (Å²) in [7, 11) is 1.92. The molecule has 1 unspecified atom stereocenters. The number of nitrogens with zero attached hydrogens (tertiary/aromatic N) is 2. The molecule has 1 aliphatic rings. The third-order valence-electron chi connectivity index (χ3n) is 3.89. The van der Waals surface area contributed by atoms with Crippen LogP contribution >= 0.6 is 15.9 Å².